The van der Waals surface area contributed by atoms with E-state index >= 15 is 0 Å². The third-order valence-corrected chi connectivity index (χ3v) is 3.18. The smallest absolute Gasteiger partial charge is 0.107 e. The lowest BCUT2D eigenvalue weighted by Gasteiger charge is -2.13. The highest BCUT2D eigenvalue weighted by Gasteiger charge is 2.13. The van der Waals surface area contributed by atoms with E-state index in [1.54, 1.807) is 18.5 Å². The van der Waals surface area contributed by atoms with Crippen molar-refractivity contribution in [2.24, 2.45) is 5.73 Å². The van der Waals surface area contributed by atoms with E-state index in [9.17, 15) is 0 Å². The molecule has 1 aromatic heterocycles. The van der Waals surface area contributed by atoms with Gasteiger partial charge in [0.05, 0.1) is 10.0 Å². The second-order valence-electron chi connectivity index (χ2n) is 3.49. The molecule has 0 saturated heterocycles. The fourth-order valence-electron chi connectivity index (χ4n) is 1.53. The second-order valence-corrected chi connectivity index (χ2v) is 4.27. The summed E-state index contributed by atoms with van der Waals surface area (Å²) in [4.78, 5) is 7.13. The van der Waals surface area contributed by atoms with Crippen LogP contribution in [-0.2, 0) is 6.42 Å². The topological polar surface area (TPSA) is 54.7 Å². The van der Waals surface area contributed by atoms with Gasteiger partial charge < -0.3 is 10.7 Å². The van der Waals surface area contributed by atoms with Crippen molar-refractivity contribution in [1.82, 2.24) is 9.97 Å². The number of hydrogen-bond acceptors (Lipinski definition) is 2. The monoisotopic (exact) mass is 255 g/mol. The van der Waals surface area contributed by atoms with E-state index in [0.717, 1.165) is 11.4 Å². The van der Waals surface area contributed by atoms with Gasteiger partial charge in [0.15, 0.2) is 0 Å². The van der Waals surface area contributed by atoms with Gasteiger partial charge in [-0.3, -0.25) is 0 Å². The minimum atomic E-state index is -0.211. The van der Waals surface area contributed by atoms with Crippen molar-refractivity contribution < 1.29 is 0 Å². The third-order valence-electron chi connectivity index (χ3n) is 2.35. The number of hydrogen-bond donors (Lipinski definition) is 2. The number of rotatable bonds is 3. The number of halogens is 2. The standard InChI is InChI=1S/C11H11Cl2N3/c12-8-3-1-2-7(11(8)13)9(14)6-10-15-4-5-16-10/h1-5,9H,6,14H2,(H,15,16). The van der Waals surface area contributed by atoms with Gasteiger partial charge in [0.2, 0.25) is 0 Å². The van der Waals surface area contributed by atoms with Gasteiger partial charge in [0, 0.05) is 24.9 Å². The van der Waals surface area contributed by atoms with Crippen LogP contribution in [0.15, 0.2) is 30.6 Å². The van der Waals surface area contributed by atoms with Crippen LogP contribution >= 0.6 is 23.2 Å². The molecule has 1 atom stereocenters. The van der Waals surface area contributed by atoms with E-state index in [-0.39, 0.29) is 6.04 Å². The van der Waals surface area contributed by atoms with Crippen molar-refractivity contribution in [3.05, 3.63) is 52.0 Å². The first kappa shape index (κ1) is 11.5. The predicted molar refractivity (Wildman–Crippen MR) is 65.7 cm³/mol. The van der Waals surface area contributed by atoms with Crippen LogP contribution in [0.3, 0.4) is 0 Å². The lowest BCUT2D eigenvalue weighted by atomic mass is 10.0. The van der Waals surface area contributed by atoms with Gasteiger partial charge in [-0.15, -0.1) is 0 Å². The predicted octanol–water partition coefficient (Wildman–Crippen LogP) is 2.96. The van der Waals surface area contributed by atoms with Gasteiger partial charge >= 0.3 is 0 Å². The van der Waals surface area contributed by atoms with Crippen molar-refractivity contribution in [3.63, 3.8) is 0 Å². The number of H-pyrrole nitrogens is 1. The molecule has 84 valence electrons. The Morgan fingerprint density at radius 2 is 2.19 bits per heavy atom. The quantitative estimate of drug-likeness (QED) is 0.886. The lowest BCUT2D eigenvalue weighted by molar-refractivity contribution is 0.695. The molecule has 0 spiro atoms. The third kappa shape index (κ3) is 2.38. The Kier molecular flexibility index (Phi) is 3.49. The minimum Gasteiger partial charge on any atom is -0.349 e. The van der Waals surface area contributed by atoms with Crippen molar-refractivity contribution in [1.29, 1.82) is 0 Å². The molecule has 0 amide bonds. The van der Waals surface area contributed by atoms with E-state index in [1.807, 2.05) is 12.1 Å². The van der Waals surface area contributed by atoms with Crippen LogP contribution in [0.2, 0.25) is 10.0 Å². The average Bonchev–Trinajstić information content (AvgIpc) is 2.74. The van der Waals surface area contributed by atoms with Crippen LogP contribution in [0, 0.1) is 0 Å². The maximum absolute atomic E-state index is 6.09. The number of nitrogens with one attached hydrogen (secondary N) is 1. The number of aromatic amines is 1. The van der Waals surface area contributed by atoms with Gasteiger partial charge in [-0.25, -0.2) is 4.98 Å². The second kappa shape index (κ2) is 4.87. The summed E-state index contributed by atoms with van der Waals surface area (Å²) in [5.41, 5.74) is 6.89. The van der Waals surface area contributed by atoms with E-state index in [1.165, 1.54) is 0 Å². The van der Waals surface area contributed by atoms with E-state index in [0.29, 0.717) is 16.5 Å². The summed E-state index contributed by atoms with van der Waals surface area (Å²) in [7, 11) is 0. The highest BCUT2D eigenvalue weighted by Crippen LogP contribution is 2.29. The first-order valence-corrected chi connectivity index (χ1v) is 5.62. The Labute approximate surface area is 104 Å². The zero-order valence-electron chi connectivity index (χ0n) is 8.45. The first-order chi connectivity index (χ1) is 7.68. The molecule has 3 N–H and O–H groups in total. The van der Waals surface area contributed by atoms with Crippen LogP contribution in [0.5, 0.6) is 0 Å². The Bertz CT molecular complexity index is 468. The Balaban J connectivity index is 2.21. The highest BCUT2D eigenvalue weighted by atomic mass is 35.5. The number of nitrogens with two attached hydrogens (primary N) is 1. The fourth-order valence-corrected chi connectivity index (χ4v) is 1.98. The largest absolute Gasteiger partial charge is 0.349 e. The molecule has 0 aliphatic heterocycles. The number of benzene rings is 1. The van der Waals surface area contributed by atoms with Gasteiger partial charge in [-0.05, 0) is 11.6 Å². The minimum absolute atomic E-state index is 0.211. The molecular formula is C11H11Cl2N3. The number of imidazole rings is 1. The van der Waals surface area contributed by atoms with E-state index in [2.05, 4.69) is 9.97 Å². The Morgan fingerprint density at radius 3 is 2.88 bits per heavy atom. The Morgan fingerprint density at radius 1 is 1.38 bits per heavy atom. The maximum atomic E-state index is 6.09. The summed E-state index contributed by atoms with van der Waals surface area (Å²) < 4.78 is 0. The molecule has 0 fully saturated rings. The zero-order valence-corrected chi connectivity index (χ0v) is 9.96. The molecule has 0 saturated carbocycles. The molecule has 2 rings (SSSR count). The van der Waals surface area contributed by atoms with Crippen molar-refractivity contribution in [3.8, 4) is 0 Å². The maximum Gasteiger partial charge on any atom is 0.107 e. The highest BCUT2D eigenvalue weighted by molar-refractivity contribution is 6.42. The summed E-state index contributed by atoms with van der Waals surface area (Å²) in [5.74, 6) is 0.837. The average molecular weight is 256 g/mol. The van der Waals surface area contributed by atoms with Crippen molar-refractivity contribution >= 4 is 23.2 Å². The summed E-state index contributed by atoms with van der Waals surface area (Å²) in [6, 6.07) is 5.25. The van der Waals surface area contributed by atoms with Crippen LogP contribution < -0.4 is 5.73 Å². The molecule has 0 radical (unpaired) electrons. The van der Waals surface area contributed by atoms with E-state index < -0.39 is 0 Å². The number of aromatic nitrogens is 2. The molecule has 16 heavy (non-hydrogen) atoms. The molecule has 2 aromatic rings. The van der Waals surface area contributed by atoms with Crippen LogP contribution in [0.25, 0.3) is 0 Å². The van der Waals surface area contributed by atoms with E-state index in [4.69, 9.17) is 28.9 Å². The first-order valence-electron chi connectivity index (χ1n) is 4.86. The zero-order chi connectivity index (χ0) is 11.5. The summed E-state index contributed by atoms with van der Waals surface area (Å²) in [6.07, 6.45) is 4.07. The van der Waals surface area contributed by atoms with Gasteiger partial charge in [0.1, 0.15) is 5.82 Å². The number of nitrogens with zero attached hydrogens (tertiary/aromatic N) is 1. The van der Waals surface area contributed by atoms with Crippen LogP contribution in [0.4, 0.5) is 0 Å². The van der Waals surface area contributed by atoms with Crippen molar-refractivity contribution in [2.75, 3.05) is 0 Å². The molecule has 1 heterocycles. The molecule has 5 heteroatoms. The fraction of sp³-hybridized carbons (Fsp3) is 0.182. The van der Waals surface area contributed by atoms with Crippen LogP contribution in [-0.4, -0.2) is 9.97 Å². The Hall–Kier alpha value is -1.03. The van der Waals surface area contributed by atoms with Gasteiger partial charge in [-0.1, -0.05) is 35.3 Å². The lowest BCUT2D eigenvalue weighted by Crippen LogP contribution is -2.14. The summed E-state index contributed by atoms with van der Waals surface area (Å²) in [6.45, 7) is 0. The summed E-state index contributed by atoms with van der Waals surface area (Å²) >= 11 is 12.0. The molecular weight excluding hydrogens is 245 g/mol. The molecule has 0 aliphatic rings. The van der Waals surface area contributed by atoms with Gasteiger partial charge in [0.25, 0.3) is 0 Å². The molecule has 0 aliphatic carbocycles. The molecule has 0 bridgehead atoms. The van der Waals surface area contributed by atoms with Gasteiger partial charge in [-0.2, -0.15) is 0 Å². The summed E-state index contributed by atoms with van der Waals surface area (Å²) in [5, 5.41) is 1.04. The van der Waals surface area contributed by atoms with Crippen molar-refractivity contribution in [2.45, 2.75) is 12.5 Å². The molecule has 1 aromatic carbocycles. The molecule has 1 unspecified atom stereocenters. The van der Waals surface area contributed by atoms with Crippen LogP contribution in [0.1, 0.15) is 17.4 Å². The SMILES string of the molecule is NC(Cc1ncc[nH]1)c1cccc(Cl)c1Cl. The molecule has 3 nitrogen and oxygen atoms in total. The normalized spacial score (nSPS) is 12.7.